The molecule has 0 saturated carbocycles. The van der Waals surface area contributed by atoms with Crippen molar-refractivity contribution in [2.24, 2.45) is 5.92 Å². The zero-order valence-corrected chi connectivity index (χ0v) is 20.5. The number of nitrogens with one attached hydrogen (secondary N) is 1. The topological polar surface area (TPSA) is 67.2 Å². The second kappa shape index (κ2) is 11.2. The van der Waals surface area contributed by atoms with Crippen LogP contribution in [0.5, 0.6) is 0 Å². The second-order valence-electron chi connectivity index (χ2n) is 9.37. The van der Waals surface area contributed by atoms with Crippen LogP contribution in [0.4, 0.5) is 4.39 Å². The van der Waals surface area contributed by atoms with Gasteiger partial charge in [-0.3, -0.25) is 14.3 Å². The summed E-state index contributed by atoms with van der Waals surface area (Å²) in [6.45, 7) is 2.08. The number of halogens is 1. The minimum atomic E-state index is -0.377. The predicted molar refractivity (Wildman–Crippen MR) is 140 cm³/mol. The van der Waals surface area contributed by atoms with Crippen LogP contribution in [-0.4, -0.2) is 39.6 Å². The zero-order chi connectivity index (χ0) is 25.6. The van der Waals surface area contributed by atoms with Gasteiger partial charge in [0.25, 0.3) is 5.91 Å². The lowest BCUT2D eigenvalue weighted by molar-refractivity contribution is -0.126. The van der Waals surface area contributed by atoms with Crippen LogP contribution in [-0.2, 0) is 17.9 Å². The van der Waals surface area contributed by atoms with Crippen LogP contribution in [0.2, 0.25) is 0 Å². The highest BCUT2D eigenvalue weighted by Crippen LogP contribution is 2.25. The number of benzene rings is 3. The minimum Gasteiger partial charge on any atom is -0.352 e. The molecule has 7 heteroatoms. The Morgan fingerprint density at radius 2 is 1.76 bits per heavy atom. The Bertz CT molecular complexity index is 1350. The Morgan fingerprint density at radius 3 is 2.51 bits per heavy atom. The lowest BCUT2D eigenvalue weighted by atomic mass is 9.95. The monoisotopic (exact) mass is 496 g/mol. The van der Waals surface area contributed by atoms with Crippen molar-refractivity contribution < 1.29 is 14.0 Å². The van der Waals surface area contributed by atoms with Gasteiger partial charge in [-0.15, -0.1) is 0 Å². The molecule has 4 aromatic rings. The van der Waals surface area contributed by atoms with E-state index >= 15 is 0 Å². The number of carbonyl (C=O) groups excluding carboxylic acids is 2. The van der Waals surface area contributed by atoms with Crippen LogP contribution >= 0.6 is 0 Å². The third kappa shape index (κ3) is 5.94. The zero-order valence-electron chi connectivity index (χ0n) is 20.5. The van der Waals surface area contributed by atoms with Crippen molar-refractivity contribution in [2.45, 2.75) is 25.9 Å². The predicted octanol–water partition coefficient (Wildman–Crippen LogP) is 4.91. The number of nitrogens with zero attached hydrogens (tertiary/aromatic N) is 3. The van der Waals surface area contributed by atoms with Crippen LogP contribution < -0.4 is 5.32 Å². The quantitative estimate of drug-likeness (QED) is 0.396. The lowest BCUT2D eigenvalue weighted by Crippen LogP contribution is -2.45. The van der Waals surface area contributed by atoms with E-state index in [2.05, 4.69) is 40.7 Å². The smallest absolute Gasteiger partial charge is 0.253 e. The maximum Gasteiger partial charge on any atom is 0.253 e. The van der Waals surface area contributed by atoms with Crippen molar-refractivity contribution in [3.63, 3.8) is 0 Å². The summed E-state index contributed by atoms with van der Waals surface area (Å²) in [5.74, 6) is -0.871. The van der Waals surface area contributed by atoms with Gasteiger partial charge in [0.1, 0.15) is 5.82 Å². The molecular formula is C30H29FN4O2. The molecule has 188 valence electrons. The molecule has 5 rings (SSSR count). The Kier molecular flexibility index (Phi) is 7.40. The van der Waals surface area contributed by atoms with Gasteiger partial charge >= 0.3 is 0 Å². The van der Waals surface area contributed by atoms with Crippen molar-refractivity contribution in [1.82, 2.24) is 20.0 Å². The van der Waals surface area contributed by atoms with Gasteiger partial charge in [0.2, 0.25) is 5.91 Å². The third-order valence-corrected chi connectivity index (χ3v) is 6.81. The summed E-state index contributed by atoms with van der Waals surface area (Å²) in [5.41, 5.74) is 4.79. The highest BCUT2D eigenvalue weighted by Gasteiger charge is 2.29. The molecule has 0 spiro atoms. The van der Waals surface area contributed by atoms with Gasteiger partial charge in [-0.2, -0.15) is 5.10 Å². The highest BCUT2D eigenvalue weighted by molar-refractivity contribution is 5.94. The molecule has 1 unspecified atom stereocenters. The molecule has 1 atom stereocenters. The van der Waals surface area contributed by atoms with Crippen molar-refractivity contribution in [1.29, 1.82) is 0 Å². The van der Waals surface area contributed by atoms with Crippen LogP contribution in [0.1, 0.15) is 34.3 Å². The number of carbonyl (C=O) groups is 2. The number of aromatic nitrogens is 2. The molecular weight excluding hydrogens is 467 g/mol. The van der Waals surface area contributed by atoms with E-state index < -0.39 is 0 Å². The van der Waals surface area contributed by atoms with E-state index in [1.165, 1.54) is 24.3 Å². The van der Waals surface area contributed by atoms with Gasteiger partial charge in [-0.25, -0.2) is 4.39 Å². The fraction of sp³-hybridized carbons (Fsp3) is 0.233. The first-order chi connectivity index (χ1) is 18.1. The molecule has 6 nitrogen and oxygen atoms in total. The molecule has 1 saturated heterocycles. The summed E-state index contributed by atoms with van der Waals surface area (Å²) in [7, 11) is 0. The first kappa shape index (κ1) is 24.4. The Balaban J connectivity index is 1.21. The molecule has 0 bridgehead atoms. The average molecular weight is 497 g/mol. The minimum absolute atomic E-state index is 0.0546. The molecule has 0 radical (unpaired) electrons. The van der Waals surface area contributed by atoms with Crippen LogP contribution in [0.3, 0.4) is 0 Å². The molecule has 2 amide bonds. The van der Waals surface area contributed by atoms with Gasteiger partial charge in [-0.1, -0.05) is 48.5 Å². The first-order valence-electron chi connectivity index (χ1n) is 12.5. The van der Waals surface area contributed by atoms with Crippen molar-refractivity contribution in [2.75, 3.05) is 13.1 Å². The van der Waals surface area contributed by atoms with Gasteiger partial charge in [0.15, 0.2) is 0 Å². The number of hydrogen-bond donors (Lipinski definition) is 1. The standard InChI is InChI=1S/C30H29FN4O2/c31-27-14-12-24(13-15-27)30(37)34-17-3-6-26(21-34)29(36)32-19-25-5-1-2-7-28(25)23-10-8-22(9-11-23)20-35-18-4-16-33-35/h1-2,4-5,7-16,18,26H,3,6,17,19-21H2,(H,32,36). The molecule has 1 aliphatic rings. The molecule has 2 heterocycles. The maximum atomic E-state index is 13.2. The number of amides is 2. The molecule has 3 aromatic carbocycles. The molecule has 37 heavy (non-hydrogen) atoms. The lowest BCUT2D eigenvalue weighted by Gasteiger charge is -2.32. The Labute approximate surface area is 215 Å². The first-order valence-corrected chi connectivity index (χ1v) is 12.5. The number of likely N-dealkylation sites (tertiary alicyclic amines) is 1. The van der Waals surface area contributed by atoms with Gasteiger partial charge < -0.3 is 10.2 Å². The number of piperidine rings is 1. The van der Waals surface area contributed by atoms with E-state index in [9.17, 15) is 14.0 Å². The summed E-state index contributed by atoms with van der Waals surface area (Å²) in [5, 5.41) is 7.35. The van der Waals surface area contributed by atoms with Crippen LogP contribution in [0, 0.1) is 11.7 Å². The van der Waals surface area contributed by atoms with Crippen molar-refractivity contribution in [3.8, 4) is 11.1 Å². The fourth-order valence-corrected chi connectivity index (χ4v) is 4.80. The number of hydrogen-bond acceptors (Lipinski definition) is 3. The largest absolute Gasteiger partial charge is 0.352 e. The normalized spacial score (nSPS) is 15.4. The van der Waals surface area contributed by atoms with Crippen LogP contribution in [0.25, 0.3) is 11.1 Å². The number of rotatable bonds is 7. The molecule has 1 aromatic heterocycles. The van der Waals surface area contributed by atoms with E-state index in [0.717, 1.165) is 35.1 Å². The van der Waals surface area contributed by atoms with Crippen LogP contribution in [0.15, 0.2) is 91.3 Å². The van der Waals surface area contributed by atoms with Gasteiger partial charge in [0, 0.05) is 37.6 Å². The Hall–Kier alpha value is -4.26. The molecule has 1 aliphatic heterocycles. The maximum absolute atomic E-state index is 13.2. The van der Waals surface area contributed by atoms with E-state index in [1.807, 2.05) is 35.1 Å². The SMILES string of the molecule is O=C(NCc1ccccc1-c1ccc(Cn2cccn2)cc1)C1CCCN(C(=O)c2ccc(F)cc2)C1. The average Bonchev–Trinajstić information content (AvgIpc) is 3.45. The van der Waals surface area contributed by atoms with E-state index in [1.54, 1.807) is 11.1 Å². The second-order valence-corrected chi connectivity index (χ2v) is 9.37. The van der Waals surface area contributed by atoms with E-state index in [-0.39, 0.29) is 23.5 Å². The summed E-state index contributed by atoms with van der Waals surface area (Å²) >= 11 is 0. The summed E-state index contributed by atoms with van der Waals surface area (Å²) < 4.78 is 15.1. The molecule has 1 fully saturated rings. The summed E-state index contributed by atoms with van der Waals surface area (Å²) in [6.07, 6.45) is 5.20. The highest BCUT2D eigenvalue weighted by atomic mass is 19.1. The molecule has 0 aliphatic carbocycles. The summed E-state index contributed by atoms with van der Waals surface area (Å²) in [4.78, 5) is 27.6. The summed E-state index contributed by atoms with van der Waals surface area (Å²) in [6, 6.07) is 23.9. The van der Waals surface area contributed by atoms with E-state index in [0.29, 0.717) is 31.7 Å². The van der Waals surface area contributed by atoms with Crippen molar-refractivity contribution >= 4 is 11.8 Å². The third-order valence-electron chi connectivity index (χ3n) is 6.81. The van der Waals surface area contributed by atoms with Gasteiger partial charge in [0.05, 0.1) is 12.5 Å². The molecule has 1 N–H and O–H groups in total. The Morgan fingerprint density at radius 1 is 0.973 bits per heavy atom. The fourth-order valence-electron chi connectivity index (χ4n) is 4.80. The van der Waals surface area contributed by atoms with Gasteiger partial charge in [-0.05, 0) is 65.4 Å². The van der Waals surface area contributed by atoms with E-state index in [4.69, 9.17) is 0 Å². The van der Waals surface area contributed by atoms with Crippen molar-refractivity contribution in [3.05, 3.63) is 114 Å².